The van der Waals surface area contributed by atoms with Crippen LogP contribution in [0.5, 0.6) is 0 Å². The van der Waals surface area contributed by atoms with Crippen molar-refractivity contribution in [3.8, 4) is 33.4 Å². The Morgan fingerprint density at radius 1 is 0.314 bits per heavy atom. The zero-order valence-corrected chi connectivity index (χ0v) is 30.7. The van der Waals surface area contributed by atoms with E-state index < -0.39 is 0 Å². The summed E-state index contributed by atoms with van der Waals surface area (Å²) in [6.45, 7) is 7.02. The first-order valence-electron chi connectivity index (χ1n) is 17.9. The molecule has 0 nitrogen and oxygen atoms in total. The average molecular weight is 716 g/mol. The van der Waals surface area contributed by atoms with Crippen LogP contribution in [0.2, 0.25) is 0 Å². The van der Waals surface area contributed by atoms with E-state index in [4.69, 9.17) is 0 Å². The first-order valence-corrected chi connectivity index (χ1v) is 19.6. The van der Waals surface area contributed by atoms with E-state index in [9.17, 15) is 0 Å². The van der Waals surface area contributed by atoms with Crippen molar-refractivity contribution in [2.75, 3.05) is 0 Å². The molecule has 242 valence electrons. The van der Waals surface area contributed by atoms with Gasteiger partial charge in [-0.25, -0.2) is 0 Å². The fourth-order valence-corrected chi connectivity index (χ4v) is 11.1. The van der Waals surface area contributed by atoms with Crippen LogP contribution in [-0.4, -0.2) is 14.5 Å². The van der Waals surface area contributed by atoms with E-state index in [2.05, 4.69) is 185 Å². The fraction of sp³-hybridized carbons (Fsp3) is 0.0800. The second kappa shape index (κ2) is 11.5. The van der Waals surface area contributed by atoms with E-state index in [1.807, 2.05) is 0 Å². The monoisotopic (exact) mass is 716 g/mol. The van der Waals surface area contributed by atoms with Gasteiger partial charge in [-0.05, 0) is 0 Å². The summed E-state index contributed by atoms with van der Waals surface area (Å²) in [5, 5.41) is 13.3. The molecule has 51 heavy (non-hydrogen) atoms. The molecular weight excluding hydrogens is 680 g/mol. The molecule has 0 amide bonds. The Kier molecular flexibility index (Phi) is 6.87. The quantitative estimate of drug-likeness (QED) is 0.126. The molecule has 0 radical (unpaired) electrons. The normalized spacial score (nSPS) is 12.2. The molecule has 1 heteroatoms. The van der Waals surface area contributed by atoms with Gasteiger partial charge in [0.25, 0.3) is 0 Å². The Bertz CT molecular complexity index is 2880. The third-order valence-electron chi connectivity index (χ3n) is 10.7. The molecule has 10 rings (SSSR count). The van der Waals surface area contributed by atoms with Crippen molar-refractivity contribution in [2.45, 2.75) is 26.2 Å². The molecule has 9 aromatic carbocycles. The second-order valence-electron chi connectivity index (χ2n) is 14.8. The first kappa shape index (κ1) is 30.4. The summed E-state index contributed by atoms with van der Waals surface area (Å²) in [6.07, 6.45) is 0. The van der Waals surface area contributed by atoms with Crippen LogP contribution in [-0.2, 0) is 5.41 Å². The van der Waals surface area contributed by atoms with Crippen LogP contribution in [0.15, 0.2) is 164 Å². The Balaban J connectivity index is 1.20. The molecule has 0 aliphatic heterocycles. The van der Waals surface area contributed by atoms with E-state index in [0.29, 0.717) is 0 Å². The van der Waals surface area contributed by atoms with Gasteiger partial charge in [0.05, 0.1) is 0 Å². The zero-order chi connectivity index (χ0) is 34.3. The summed E-state index contributed by atoms with van der Waals surface area (Å²) in [5.74, 6) is 0. The van der Waals surface area contributed by atoms with E-state index in [-0.39, 0.29) is 19.9 Å². The number of rotatable bonds is 3. The molecule has 0 aliphatic carbocycles. The third-order valence-corrected chi connectivity index (χ3v) is 13.1. The van der Waals surface area contributed by atoms with E-state index >= 15 is 0 Å². The average Bonchev–Trinajstić information content (AvgIpc) is 3.52. The molecule has 0 aliphatic rings. The summed E-state index contributed by atoms with van der Waals surface area (Å²) < 4.78 is 2.93. The SMILES string of the molecule is CC(C)(C)c1c2ccccc2c(-c2ccc3c(c2)[se]c2ccc(-c4c5ccccc5c(-c5ccccc5)c5ccccc45)cc23)c2ccccc12. The molecule has 0 bridgehead atoms. The van der Waals surface area contributed by atoms with Crippen LogP contribution in [0.25, 0.3) is 95.8 Å². The number of fused-ring (bicyclic) bond motifs is 7. The van der Waals surface area contributed by atoms with Crippen molar-refractivity contribution in [1.29, 1.82) is 0 Å². The van der Waals surface area contributed by atoms with Crippen molar-refractivity contribution < 1.29 is 0 Å². The van der Waals surface area contributed by atoms with Crippen molar-refractivity contribution in [1.82, 2.24) is 0 Å². The predicted molar refractivity (Wildman–Crippen MR) is 223 cm³/mol. The van der Waals surface area contributed by atoms with Gasteiger partial charge in [-0.2, -0.15) is 0 Å². The molecule has 0 atom stereocenters. The van der Waals surface area contributed by atoms with Crippen molar-refractivity contribution in [3.05, 3.63) is 169 Å². The number of hydrogen-bond acceptors (Lipinski definition) is 0. The number of benzene rings is 9. The molecule has 0 fully saturated rings. The van der Waals surface area contributed by atoms with Gasteiger partial charge in [0.1, 0.15) is 0 Å². The Labute approximate surface area is 304 Å². The van der Waals surface area contributed by atoms with Crippen LogP contribution >= 0.6 is 0 Å². The molecule has 0 saturated heterocycles. The molecule has 1 heterocycles. The van der Waals surface area contributed by atoms with Crippen molar-refractivity contribution in [3.63, 3.8) is 0 Å². The minimum atomic E-state index is 0.0245. The summed E-state index contributed by atoms with van der Waals surface area (Å²) in [5.41, 5.74) is 9.28. The molecule has 0 saturated carbocycles. The van der Waals surface area contributed by atoms with Gasteiger partial charge in [-0.1, -0.05) is 0 Å². The Morgan fingerprint density at radius 3 is 1.24 bits per heavy atom. The fourth-order valence-electron chi connectivity index (χ4n) is 8.69. The van der Waals surface area contributed by atoms with Crippen LogP contribution in [0.3, 0.4) is 0 Å². The van der Waals surface area contributed by atoms with Crippen LogP contribution < -0.4 is 0 Å². The zero-order valence-electron chi connectivity index (χ0n) is 29.0. The van der Waals surface area contributed by atoms with E-state index in [1.165, 1.54) is 101 Å². The molecule has 0 unspecified atom stereocenters. The van der Waals surface area contributed by atoms with Gasteiger partial charge >= 0.3 is 306 Å². The maximum absolute atomic E-state index is 2.50. The van der Waals surface area contributed by atoms with Crippen molar-refractivity contribution >= 4 is 76.9 Å². The topological polar surface area (TPSA) is 0 Å². The third kappa shape index (κ3) is 4.73. The molecule has 0 N–H and O–H groups in total. The summed E-state index contributed by atoms with van der Waals surface area (Å²) >= 11 is 0.234. The van der Waals surface area contributed by atoms with Crippen LogP contribution in [0, 0.1) is 0 Å². The van der Waals surface area contributed by atoms with Crippen LogP contribution in [0.1, 0.15) is 26.3 Å². The second-order valence-corrected chi connectivity index (χ2v) is 17.1. The van der Waals surface area contributed by atoms with Crippen LogP contribution in [0.4, 0.5) is 0 Å². The van der Waals surface area contributed by atoms with E-state index in [0.717, 1.165) is 0 Å². The molecule has 1 aromatic heterocycles. The first-order chi connectivity index (χ1) is 25.0. The van der Waals surface area contributed by atoms with Crippen molar-refractivity contribution in [2.24, 2.45) is 0 Å². The molecule has 0 spiro atoms. The standard InChI is InChI=1S/C50H36Se/c1-50(2,3)49-41-23-13-11-21-39(41)48(40-22-12-14-24-42(40)49)33-25-27-34-43-29-32(26-28-44(43)51-45(34)30-33)47-37-19-9-7-17-35(37)46(31-15-5-4-6-16-31)36-18-8-10-20-38(36)47/h4-30H,1-3H3. The predicted octanol–water partition coefficient (Wildman–Crippen LogP) is 14.0. The number of hydrogen-bond donors (Lipinski definition) is 0. The van der Waals surface area contributed by atoms with E-state index in [1.54, 1.807) is 0 Å². The van der Waals surface area contributed by atoms with Gasteiger partial charge in [-0.3, -0.25) is 0 Å². The summed E-state index contributed by atoms with van der Waals surface area (Å²) in [7, 11) is 0. The van der Waals surface area contributed by atoms with Gasteiger partial charge in [0.2, 0.25) is 0 Å². The Morgan fingerprint density at radius 2 is 0.725 bits per heavy atom. The molecular formula is C50H36Se. The van der Waals surface area contributed by atoms with Gasteiger partial charge in [0, 0.05) is 0 Å². The van der Waals surface area contributed by atoms with Gasteiger partial charge in [0.15, 0.2) is 0 Å². The maximum atomic E-state index is 2.50. The molecule has 10 aromatic rings. The summed E-state index contributed by atoms with van der Waals surface area (Å²) in [6, 6.07) is 61.4. The van der Waals surface area contributed by atoms with Gasteiger partial charge in [-0.15, -0.1) is 0 Å². The minimum absolute atomic E-state index is 0.0245. The summed E-state index contributed by atoms with van der Waals surface area (Å²) in [4.78, 5) is 0. The Hall–Kier alpha value is -5.46. The van der Waals surface area contributed by atoms with Gasteiger partial charge < -0.3 is 0 Å².